The van der Waals surface area contributed by atoms with Crippen LogP contribution in [0.15, 0.2) is 24.4 Å². The number of hydrogen-bond donors (Lipinski definition) is 1. The minimum Gasteiger partial charge on any atom is -0.482 e. The summed E-state index contributed by atoms with van der Waals surface area (Å²) in [5, 5.41) is 0.209. The van der Waals surface area contributed by atoms with E-state index in [2.05, 4.69) is 4.98 Å². The van der Waals surface area contributed by atoms with Crippen molar-refractivity contribution in [3.8, 4) is 5.75 Å². The summed E-state index contributed by atoms with van der Waals surface area (Å²) in [7, 11) is -0.614. The Balaban J connectivity index is 0.00000300. The summed E-state index contributed by atoms with van der Waals surface area (Å²) in [5.41, 5.74) is 5.98. The fraction of sp³-hybridized carbons (Fsp3) is 0.421. The molecule has 1 fully saturated rings. The van der Waals surface area contributed by atoms with Gasteiger partial charge in [-0.15, -0.1) is 12.4 Å². The number of hydrogen-bond acceptors (Lipinski definition) is 5. The molecule has 1 aliphatic rings. The molecule has 29 heavy (non-hydrogen) atoms. The Labute approximate surface area is 186 Å². The number of nitrogens with two attached hydrogens (primary N) is 1. The second-order valence-corrected chi connectivity index (χ2v) is 8.54. The standard InChI is InChI=1S/C19H22BCl2FN2O3.ClH/c1-10(15-12(21)6-7-13(23)16(15)22)26-14-8-11(9-25-17(14)24)20-27-18(2,3)19(4,5)28-20;/h6-10H,1-5H3,(H2,24,25);1H. The minimum absolute atomic E-state index is 0. The summed E-state index contributed by atoms with van der Waals surface area (Å²) in [6.45, 7) is 9.56. The first-order valence-corrected chi connectivity index (χ1v) is 9.59. The van der Waals surface area contributed by atoms with Gasteiger partial charge in [-0.05, 0) is 52.8 Å². The van der Waals surface area contributed by atoms with E-state index in [1.54, 1.807) is 19.2 Å². The average Bonchev–Trinajstić information content (AvgIpc) is 2.81. The van der Waals surface area contributed by atoms with E-state index in [9.17, 15) is 4.39 Å². The first-order valence-electron chi connectivity index (χ1n) is 8.84. The number of ether oxygens (including phenoxy) is 1. The molecule has 5 nitrogen and oxygen atoms in total. The van der Waals surface area contributed by atoms with Gasteiger partial charge in [-0.3, -0.25) is 0 Å². The van der Waals surface area contributed by atoms with Gasteiger partial charge in [-0.1, -0.05) is 23.2 Å². The van der Waals surface area contributed by atoms with Crippen molar-refractivity contribution in [1.29, 1.82) is 0 Å². The number of rotatable bonds is 4. The number of pyridine rings is 1. The summed E-state index contributed by atoms with van der Waals surface area (Å²) < 4.78 is 31.8. The summed E-state index contributed by atoms with van der Waals surface area (Å²) in [4.78, 5) is 4.18. The molecule has 3 rings (SSSR count). The van der Waals surface area contributed by atoms with Gasteiger partial charge in [0, 0.05) is 22.2 Å². The lowest BCUT2D eigenvalue weighted by atomic mass is 9.80. The Morgan fingerprint density at radius 2 is 1.76 bits per heavy atom. The number of anilines is 1. The fourth-order valence-electron chi connectivity index (χ4n) is 2.84. The number of nitrogens with zero attached hydrogens (tertiary/aromatic N) is 1. The first kappa shape index (κ1) is 24.0. The second kappa shape index (κ2) is 8.48. The van der Waals surface area contributed by atoms with Crippen LogP contribution in [0, 0.1) is 5.82 Å². The van der Waals surface area contributed by atoms with E-state index in [4.69, 9.17) is 43.0 Å². The first-order chi connectivity index (χ1) is 12.9. The molecule has 0 aliphatic carbocycles. The topological polar surface area (TPSA) is 66.6 Å². The monoisotopic (exact) mass is 462 g/mol. The number of benzene rings is 1. The van der Waals surface area contributed by atoms with Crippen molar-refractivity contribution in [3.63, 3.8) is 0 Å². The molecule has 0 bridgehead atoms. The zero-order chi connectivity index (χ0) is 20.9. The zero-order valence-electron chi connectivity index (χ0n) is 16.8. The summed E-state index contributed by atoms with van der Waals surface area (Å²) in [6.07, 6.45) is 0.922. The van der Waals surface area contributed by atoms with Crippen LogP contribution in [0.5, 0.6) is 5.75 Å². The maximum absolute atomic E-state index is 13.8. The zero-order valence-corrected chi connectivity index (χ0v) is 19.1. The number of nitrogen functional groups attached to an aromatic ring is 1. The largest absolute Gasteiger partial charge is 0.496 e. The van der Waals surface area contributed by atoms with Crippen molar-refractivity contribution in [3.05, 3.63) is 45.8 Å². The summed E-state index contributed by atoms with van der Waals surface area (Å²) in [6, 6.07) is 4.33. The van der Waals surface area contributed by atoms with E-state index in [0.717, 1.165) is 0 Å². The lowest BCUT2D eigenvalue weighted by Gasteiger charge is -2.32. The Morgan fingerprint density at radius 1 is 1.17 bits per heavy atom. The molecule has 1 aromatic heterocycles. The van der Waals surface area contributed by atoms with Gasteiger partial charge in [-0.25, -0.2) is 9.37 Å². The van der Waals surface area contributed by atoms with Crippen LogP contribution in [-0.4, -0.2) is 23.3 Å². The Morgan fingerprint density at radius 3 is 2.34 bits per heavy atom. The van der Waals surface area contributed by atoms with Crippen molar-refractivity contribution in [2.75, 3.05) is 5.73 Å². The van der Waals surface area contributed by atoms with Crippen molar-refractivity contribution in [2.24, 2.45) is 0 Å². The van der Waals surface area contributed by atoms with Crippen molar-refractivity contribution in [2.45, 2.75) is 51.9 Å². The molecule has 1 unspecified atom stereocenters. The highest BCUT2D eigenvalue weighted by molar-refractivity contribution is 6.62. The SMILES string of the molecule is CC(Oc1cc(B2OC(C)(C)C(C)(C)O2)cnc1N)c1c(Cl)ccc(F)c1Cl.Cl. The molecule has 2 aromatic rings. The van der Waals surface area contributed by atoms with Crippen LogP contribution in [0.2, 0.25) is 10.0 Å². The van der Waals surface area contributed by atoms with E-state index in [1.807, 2.05) is 27.7 Å². The average molecular weight is 464 g/mol. The predicted molar refractivity (Wildman–Crippen MR) is 117 cm³/mol. The van der Waals surface area contributed by atoms with E-state index in [-0.39, 0.29) is 23.2 Å². The van der Waals surface area contributed by atoms with Crippen LogP contribution < -0.4 is 15.9 Å². The highest BCUT2D eigenvalue weighted by atomic mass is 35.5. The third-order valence-electron chi connectivity index (χ3n) is 5.22. The van der Waals surface area contributed by atoms with E-state index < -0.39 is 30.2 Å². The molecular formula is C19H23BCl3FN2O3. The minimum atomic E-state index is -0.659. The van der Waals surface area contributed by atoms with Crippen LogP contribution in [0.1, 0.15) is 46.3 Å². The van der Waals surface area contributed by atoms with Gasteiger partial charge >= 0.3 is 7.12 Å². The van der Waals surface area contributed by atoms with E-state index in [0.29, 0.717) is 21.8 Å². The maximum Gasteiger partial charge on any atom is 0.496 e. The maximum atomic E-state index is 13.8. The molecule has 0 saturated carbocycles. The third kappa shape index (κ3) is 4.59. The fourth-order valence-corrected chi connectivity index (χ4v) is 3.52. The van der Waals surface area contributed by atoms with Crippen LogP contribution in [0.3, 0.4) is 0 Å². The normalized spacial score (nSPS) is 18.3. The summed E-state index contributed by atoms with van der Waals surface area (Å²) in [5.74, 6) is -0.0968. The second-order valence-electron chi connectivity index (χ2n) is 7.76. The van der Waals surface area contributed by atoms with Gasteiger partial charge in [-0.2, -0.15) is 0 Å². The Bertz CT molecular complexity index is 899. The van der Waals surface area contributed by atoms with Crippen LogP contribution in [-0.2, 0) is 9.31 Å². The molecule has 2 heterocycles. The molecule has 1 saturated heterocycles. The van der Waals surface area contributed by atoms with Gasteiger partial charge in [0.05, 0.1) is 16.2 Å². The molecule has 0 radical (unpaired) electrons. The van der Waals surface area contributed by atoms with Crippen molar-refractivity contribution >= 4 is 54.0 Å². The van der Waals surface area contributed by atoms with Gasteiger partial charge in [0.1, 0.15) is 11.9 Å². The summed E-state index contributed by atoms with van der Waals surface area (Å²) >= 11 is 12.3. The Kier molecular flexibility index (Phi) is 7.02. The van der Waals surface area contributed by atoms with Crippen LogP contribution in [0.25, 0.3) is 0 Å². The van der Waals surface area contributed by atoms with Gasteiger partial charge < -0.3 is 19.8 Å². The molecule has 1 aromatic carbocycles. The smallest absolute Gasteiger partial charge is 0.482 e. The molecule has 0 amide bonds. The van der Waals surface area contributed by atoms with E-state index in [1.165, 1.54) is 12.1 Å². The van der Waals surface area contributed by atoms with Gasteiger partial charge in [0.25, 0.3) is 0 Å². The van der Waals surface area contributed by atoms with Gasteiger partial charge in [0.2, 0.25) is 0 Å². The molecule has 0 spiro atoms. The molecule has 1 aliphatic heterocycles. The third-order valence-corrected chi connectivity index (χ3v) is 5.93. The lowest BCUT2D eigenvalue weighted by molar-refractivity contribution is 0.00578. The molecule has 10 heteroatoms. The quantitative estimate of drug-likeness (QED) is 0.512. The number of aromatic nitrogens is 1. The van der Waals surface area contributed by atoms with Crippen LogP contribution in [0.4, 0.5) is 10.2 Å². The highest BCUT2D eigenvalue weighted by Gasteiger charge is 2.52. The predicted octanol–water partition coefficient (Wildman–Crippen LogP) is 4.97. The van der Waals surface area contributed by atoms with E-state index >= 15 is 0 Å². The number of halogens is 4. The molecule has 158 valence electrons. The molecular weight excluding hydrogens is 440 g/mol. The van der Waals surface area contributed by atoms with Crippen LogP contribution >= 0.6 is 35.6 Å². The Hall–Kier alpha value is -1.25. The molecule has 1 atom stereocenters. The lowest BCUT2D eigenvalue weighted by Crippen LogP contribution is -2.41. The highest BCUT2D eigenvalue weighted by Crippen LogP contribution is 2.38. The van der Waals surface area contributed by atoms with Crippen molar-refractivity contribution in [1.82, 2.24) is 4.98 Å². The molecule has 2 N–H and O–H groups in total. The van der Waals surface area contributed by atoms with Gasteiger partial charge in [0.15, 0.2) is 11.6 Å². The van der Waals surface area contributed by atoms with Crippen molar-refractivity contribution < 1.29 is 18.4 Å².